The van der Waals surface area contributed by atoms with Gasteiger partial charge in [-0.2, -0.15) is 0 Å². The monoisotopic (exact) mass is 211 g/mol. The number of carbonyl (C=O) groups excluding carboxylic acids is 1. The topological polar surface area (TPSA) is 58.4 Å². The van der Waals surface area contributed by atoms with Crippen LogP contribution < -0.4 is 11.1 Å². The highest BCUT2D eigenvalue weighted by atomic mass is 16.2. The van der Waals surface area contributed by atoms with Gasteiger partial charge in [0.2, 0.25) is 5.91 Å². The molecule has 1 unspecified atom stereocenters. The van der Waals surface area contributed by atoms with E-state index >= 15 is 0 Å². The molecule has 0 aromatic carbocycles. The van der Waals surface area contributed by atoms with Gasteiger partial charge >= 0.3 is 0 Å². The van der Waals surface area contributed by atoms with Gasteiger partial charge < -0.3 is 16.0 Å². The summed E-state index contributed by atoms with van der Waals surface area (Å²) in [6.45, 7) is 3.12. The van der Waals surface area contributed by atoms with Gasteiger partial charge in [-0.1, -0.05) is 0 Å². The van der Waals surface area contributed by atoms with Crippen molar-refractivity contribution < 1.29 is 4.79 Å². The highest BCUT2D eigenvalue weighted by Gasteiger charge is 2.28. The molecule has 1 amide bonds. The lowest BCUT2D eigenvalue weighted by molar-refractivity contribution is -0.130. The molecule has 0 aromatic heterocycles. The normalized spacial score (nSPS) is 25.9. The smallest absolute Gasteiger partial charge is 0.236 e. The van der Waals surface area contributed by atoms with E-state index in [-0.39, 0.29) is 12.5 Å². The van der Waals surface area contributed by atoms with Crippen molar-refractivity contribution in [2.75, 3.05) is 26.2 Å². The minimum atomic E-state index is 0.103. The summed E-state index contributed by atoms with van der Waals surface area (Å²) >= 11 is 0. The Kier molecular flexibility index (Phi) is 3.59. The lowest BCUT2D eigenvalue weighted by atomic mass is 10.2. The van der Waals surface area contributed by atoms with E-state index in [4.69, 9.17) is 5.73 Å². The van der Waals surface area contributed by atoms with Gasteiger partial charge in [-0.05, 0) is 38.1 Å². The number of hydrogen-bond donors (Lipinski definition) is 2. The summed E-state index contributed by atoms with van der Waals surface area (Å²) in [5.74, 6) is 1.01. The van der Waals surface area contributed by atoms with E-state index in [1.807, 2.05) is 4.90 Å². The maximum atomic E-state index is 11.5. The van der Waals surface area contributed by atoms with Crippen LogP contribution in [0.1, 0.15) is 25.7 Å². The summed E-state index contributed by atoms with van der Waals surface area (Å²) in [6.07, 6.45) is 5.01. The Morgan fingerprint density at radius 2 is 2.13 bits per heavy atom. The molecule has 1 saturated carbocycles. The first-order valence-electron chi connectivity index (χ1n) is 6.01. The predicted octanol–water partition coefficient (Wildman–Crippen LogP) is -0.0643. The lowest BCUT2D eigenvalue weighted by Crippen LogP contribution is -2.44. The van der Waals surface area contributed by atoms with Crippen molar-refractivity contribution in [1.82, 2.24) is 10.2 Å². The fourth-order valence-corrected chi connectivity index (χ4v) is 2.27. The summed E-state index contributed by atoms with van der Waals surface area (Å²) in [4.78, 5) is 13.5. The number of nitrogens with two attached hydrogens (primary N) is 1. The molecule has 4 nitrogen and oxygen atoms in total. The molecular weight excluding hydrogens is 190 g/mol. The predicted molar refractivity (Wildman–Crippen MR) is 59.4 cm³/mol. The van der Waals surface area contributed by atoms with E-state index in [1.54, 1.807) is 0 Å². The van der Waals surface area contributed by atoms with E-state index in [0.717, 1.165) is 38.4 Å². The number of nitrogens with one attached hydrogen (secondary N) is 1. The van der Waals surface area contributed by atoms with Crippen molar-refractivity contribution in [1.29, 1.82) is 0 Å². The van der Waals surface area contributed by atoms with Gasteiger partial charge in [0.15, 0.2) is 0 Å². The summed E-state index contributed by atoms with van der Waals surface area (Å²) in [5.41, 5.74) is 5.39. The van der Waals surface area contributed by atoms with E-state index in [1.165, 1.54) is 12.8 Å². The fourth-order valence-electron chi connectivity index (χ4n) is 2.27. The minimum absolute atomic E-state index is 0.103. The van der Waals surface area contributed by atoms with Gasteiger partial charge in [0.05, 0.1) is 6.54 Å². The Morgan fingerprint density at radius 1 is 1.33 bits per heavy atom. The number of likely N-dealkylation sites (tertiary alicyclic amines) is 1. The minimum Gasteiger partial charge on any atom is -0.337 e. The quantitative estimate of drug-likeness (QED) is 0.669. The first-order valence-corrected chi connectivity index (χ1v) is 6.01. The molecule has 2 aliphatic rings. The average Bonchev–Trinajstić information content (AvgIpc) is 2.95. The molecule has 3 N–H and O–H groups in total. The maximum Gasteiger partial charge on any atom is 0.236 e. The molecule has 2 fully saturated rings. The van der Waals surface area contributed by atoms with E-state index in [0.29, 0.717) is 6.04 Å². The molecule has 1 atom stereocenters. The average molecular weight is 211 g/mol. The van der Waals surface area contributed by atoms with Crippen molar-refractivity contribution in [2.24, 2.45) is 11.7 Å². The second-order valence-electron chi connectivity index (χ2n) is 4.69. The third-order valence-corrected chi connectivity index (χ3v) is 3.38. The number of rotatable bonds is 5. The van der Waals surface area contributed by atoms with Crippen LogP contribution in [0.4, 0.5) is 0 Å². The molecule has 0 aromatic rings. The summed E-state index contributed by atoms with van der Waals surface area (Å²) < 4.78 is 0. The van der Waals surface area contributed by atoms with Gasteiger partial charge in [0, 0.05) is 19.1 Å². The van der Waals surface area contributed by atoms with Crippen LogP contribution in [0.5, 0.6) is 0 Å². The first-order chi connectivity index (χ1) is 7.31. The Balaban J connectivity index is 1.71. The SMILES string of the molecule is NCC(=O)N1CCCC1CNCC1CC1. The van der Waals surface area contributed by atoms with E-state index in [9.17, 15) is 4.79 Å². The summed E-state index contributed by atoms with van der Waals surface area (Å²) in [7, 11) is 0. The van der Waals surface area contributed by atoms with Crippen LogP contribution in [0, 0.1) is 5.92 Å². The standard InChI is InChI=1S/C11H21N3O/c12-6-11(15)14-5-1-2-10(14)8-13-7-9-3-4-9/h9-10,13H,1-8,12H2. The van der Waals surface area contributed by atoms with Crippen LogP contribution in [0.25, 0.3) is 0 Å². The first kappa shape index (κ1) is 10.9. The molecule has 86 valence electrons. The van der Waals surface area contributed by atoms with Gasteiger partial charge in [-0.25, -0.2) is 0 Å². The molecule has 1 aliphatic heterocycles. The highest BCUT2D eigenvalue weighted by Crippen LogP contribution is 2.27. The Morgan fingerprint density at radius 3 is 2.80 bits per heavy atom. The van der Waals surface area contributed by atoms with Crippen molar-refractivity contribution in [3.8, 4) is 0 Å². The summed E-state index contributed by atoms with van der Waals surface area (Å²) in [6, 6.07) is 0.389. The number of nitrogens with zero attached hydrogens (tertiary/aromatic N) is 1. The highest BCUT2D eigenvalue weighted by molar-refractivity contribution is 5.78. The van der Waals surface area contributed by atoms with Crippen LogP contribution >= 0.6 is 0 Å². The van der Waals surface area contributed by atoms with Crippen LogP contribution in [0.15, 0.2) is 0 Å². The van der Waals surface area contributed by atoms with Gasteiger partial charge in [-0.3, -0.25) is 4.79 Å². The zero-order chi connectivity index (χ0) is 10.7. The molecule has 4 heteroatoms. The van der Waals surface area contributed by atoms with Gasteiger partial charge in [-0.15, -0.1) is 0 Å². The van der Waals surface area contributed by atoms with Gasteiger partial charge in [0.1, 0.15) is 0 Å². The maximum absolute atomic E-state index is 11.5. The molecule has 15 heavy (non-hydrogen) atoms. The second kappa shape index (κ2) is 4.94. The molecule has 2 rings (SSSR count). The molecule has 0 spiro atoms. The largest absolute Gasteiger partial charge is 0.337 e. The van der Waals surface area contributed by atoms with Crippen LogP contribution in [0.2, 0.25) is 0 Å². The van der Waals surface area contributed by atoms with Crippen LogP contribution in [-0.2, 0) is 4.79 Å². The molecule has 1 heterocycles. The Labute approximate surface area is 91.2 Å². The van der Waals surface area contributed by atoms with E-state index < -0.39 is 0 Å². The second-order valence-corrected chi connectivity index (χ2v) is 4.69. The number of amides is 1. The molecule has 0 radical (unpaired) electrons. The lowest BCUT2D eigenvalue weighted by Gasteiger charge is -2.24. The molecule has 0 bridgehead atoms. The summed E-state index contributed by atoms with van der Waals surface area (Å²) in [5, 5.41) is 3.46. The molecule has 1 saturated heterocycles. The van der Waals surface area contributed by atoms with Crippen molar-refractivity contribution in [3.63, 3.8) is 0 Å². The third-order valence-electron chi connectivity index (χ3n) is 3.38. The van der Waals surface area contributed by atoms with Crippen LogP contribution in [-0.4, -0.2) is 43.0 Å². The number of hydrogen-bond acceptors (Lipinski definition) is 3. The van der Waals surface area contributed by atoms with Crippen LogP contribution in [0.3, 0.4) is 0 Å². The fraction of sp³-hybridized carbons (Fsp3) is 0.909. The Hall–Kier alpha value is -0.610. The zero-order valence-corrected chi connectivity index (χ0v) is 9.24. The number of carbonyl (C=O) groups is 1. The van der Waals surface area contributed by atoms with Crippen molar-refractivity contribution in [2.45, 2.75) is 31.7 Å². The molecular formula is C11H21N3O. The third kappa shape index (κ3) is 2.92. The Bertz CT molecular complexity index is 228. The van der Waals surface area contributed by atoms with E-state index in [2.05, 4.69) is 5.32 Å². The van der Waals surface area contributed by atoms with Gasteiger partial charge in [0.25, 0.3) is 0 Å². The van der Waals surface area contributed by atoms with Crippen molar-refractivity contribution in [3.05, 3.63) is 0 Å². The van der Waals surface area contributed by atoms with Crippen molar-refractivity contribution >= 4 is 5.91 Å². The zero-order valence-electron chi connectivity index (χ0n) is 9.24. The molecule has 1 aliphatic carbocycles.